The maximum absolute atomic E-state index is 11.2. The molecule has 0 aliphatic heterocycles. The van der Waals surface area contributed by atoms with Gasteiger partial charge in [0.2, 0.25) is 11.8 Å². The number of hydrogen-bond donors (Lipinski definition) is 2. The molecule has 0 unspecified atom stereocenters. The van der Waals surface area contributed by atoms with E-state index in [1.807, 2.05) is 10.6 Å². The Kier molecular flexibility index (Phi) is 5.53. The molecule has 6 heteroatoms. The SMILES string of the molecule is C=C(C)C(=O)NC(=O)CC(=O)NC(=O)C(=C)C. The molecule has 0 heterocycles. The van der Waals surface area contributed by atoms with E-state index in [4.69, 9.17) is 0 Å². The highest BCUT2D eigenvalue weighted by atomic mass is 16.2. The number of rotatable bonds is 4. The lowest BCUT2D eigenvalue weighted by molar-refractivity contribution is -0.133. The van der Waals surface area contributed by atoms with Gasteiger partial charge in [-0.15, -0.1) is 0 Å². The normalized spacial score (nSPS) is 9.06. The van der Waals surface area contributed by atoms with Crippen molar-refractivity contribution in [3.8, 4) is 0 Å². The molecule has 0 rings (SSSR count). The number of imide groups is 2. The Labute approximate surface area is 98.8 Å². The van der Waals surface area contributed by atoms with Crippen LogP contribution >= 0.6 is 0 Å². The van der Waals surface area contributed by atoms with E-state index in [9.17, 15) is 19.2 Å². The fourth-order valence-corrected chi connectivity index (χ4v) is 0.701. The van der Waals surface area contributed by atoms with Gasteiger partial charge in [0.15, 0.2) is 0 Å². The Morgan fingerprint density at radius 3 is 1.35 bits per heavy atom. The summed E-state index contributed by atoms with van der Waals surface area (Å²) in [5.74, 6) is -2.92. The summed E-state index contributed by atoms with van der Waals surface area (Å²) in [7, 11) is 0. The van der Waals surface area contributed by atoms with Gasteiger partial charge in [0, 0.05) is 11.1 Å². The van der Waals surface area contributed by atoms with Crippen LogP contribution in [0.25, 0.3) is 0 Å². The van der Waals surface area contributed by atoms with Gasteiger partial charge in [0.1, 0.15) is 6.42 Å². The van der Waals surface area contributed by atoms with E-state index in [0.717, 1.165) is 0 Å². The van der Waals surface area contributed by atoms with E-state index in [1.165, 1.54) is 13.8 Å². The molecule has 4 amide bonds. The van der Waals surface area contributed by atoms with Gasteiger partial charge in [-0.05, 0) is 13.8 Å². The van der Waals surface area contributed by atoms with Gasteiger partial charge in [-0.1, -0.05) is 13.2 Å². The molecule has 6 nitrogen and oxygen atoms in total. The van der Waals surface area contributed by atoms with Crippen molar-refractivity contribution in [3.63, 3.8) is 0 Å². The van der Waals surface area contributed by atoms with Gasteiger partial charge >= 0.3 is 0 Å². The van der Waals surface area contributed by atoms with Crippen LogP contribution < -0.4 is 10.6 Å². The lowest BCUT2D eigenvalue weighted by Gasteiger charge is -2.04. The maximum Gasteiger partial charge on any atom is 0.252 e. The molecule has 0 fully saturated rings. The second-order valence-corrected chi connectivity index (χ2v) is 3.49. The van der Waals surface area contributed by atoms with Gasteiger partial charge in [0.25, 0.3) is 11.8 Å². The molecule has 0 spiro atoms. The highest BCUT2D eigenvalue weighted by Crippen LogP contribution is 1.90. The Hall–Kier alpha value is -2.24. The average Bonchev–Trinajstić information content (AvgIpc) is 2.16. The van der Waals surface area contributed by atoms with E-state index < -0.39 is 30.0 Å². The molecule has 92 valence electrons. The number of hydrogen-bond acceptors (Lipinski definition) is 4. The number of carbonyl (C=O) groups excluding carboxylic acids is 4. The van der Waals surface area contributed by atoms with Crippen LogP contribution in [0.4, 0.5) is 0 Å². The van der Waals surface area contributed by atoms with Gasteiger partial charge in [-0.2, -0.15) is 0 Å². The predicted molar refractivity (Wildman–Crippen MR) is 60.5 cm³/mol. The quantitative estimate of drug-likeness (QED) is 0.524. The van der Waals surface area contributed by atoms with Crippen molar-refractivity contribution >= 4 is 23.6 Å². The van der Waals surface area contributed by atoms with Crippen LogP contribution in [0.15, 0.2) is 24.3 Å². The van der Waals surface area contributed by atoms with Crippen molar-refractivity contribution < 1.29 is 19.2 Å². The molecule has 0 aliphatic carbocycles. The van der Waals surface area contributed by atoms with Gasteiger partial charge in [-0.3, -0.25) is 29.8 Å². The number of amides is 4. The molecule has 0 saturated carbocycles. The number of carbonyl (C=O) groups is 4. The Morgan fingerprint density at radius 1 is 0.824 bits per heavy atom. The third kappa shape index (κ3) is 6.03. The van der Waals surface area contributed by atoms with Crippen molar-refractivity contribution in [1.29, 1.82) is 0 Å². The summed E-state index contributed by atoms with van der Waals surface area (Å²) in [5, 5.41) is 3.88. The highest BCUT2D eigenvalue weighted by Gasteiger charge is 2.15. The fraction of sp³-hybridized carbons (Fsp3) is 0.273. The largest absolute Gasteiger partial charge is 0.292 e. The smallest absolute Gasteiger partial charge is 0.252 e. The van der Waals surface area contributed by atoms with Crippen molar-refractivity contribution in [2.75, 3.05) is 0 Å². The van der Waals surface area contributed by atoms with E-state index >= 15 is 0 Å². The second kappa shape index (κ2) is 6.37. The van der Waals surface area contributed by atoms with Crippen LogP contribution in [0.2, 0.25) is 0 Å². The average molecular weight is 238 g/mol. The van der Waals surface area contributed by atoms with Crippen molar-refractivity contribution in [2.24, 2.45) is 0 Å². The Bertz CT molecular complexity index is 372. The lowest BCUT2D eigenvalue weighted by Crippen LogP contribution is -2.37. The first-order valence-electron chi connectivity index (χ1n) is 4.73. The molecular formula is C11H14N2O4. The summed E-state index contributed by atoms with van der Waals surface area (Å²) in [5.41, 5.74) is 0.300. The summed E-state index contributed by atoms with van der Waals surface area (Å²) >= 11 is 0. The molecule has 0 saturated heterocycles. The molecule has 0 aromatic rings. The van der Waals surface area contributed by atoms with E-state index in [-0.39, 0.29) is 11.1 Å². The standard InChI is InChI=1S/C11H14N2O4/c1-6(2)10(16)12-8(14)5-9(15)13-11(17)7(3)4/h1,3,5H2,2,4H3,(H,12,14,16)(H,13,15,17). The zero-order valence-electron chi connectivity index (χ0n) is 9.75. The predicted octanol–water partition coefficient (Wildman–Crippen LogP) is -0.186. The Morgan fingerprint density at radius 2 is 1.12 bits per heavy atom. The van der Waals surface area contributed by atoms with Crippen LogP contribution in [-0.2, 0) is 19.2 Å². The first-order chi connectivity index (χ1) is 7.73. The second-order valence-electron chi connectivity index (χ2n) is 3.49. The molecule has 0 aromatic carbocycles. The molecule has 17 heavy (non-hydrogen) atoms. The topological polar surface area (TPSA) is 92.3 Å². The van der Waals surface area contributed by atoms with Crippen LogP contribution in [-0.4, -0.2) is 23.6 Å². The number of nitrogens with one attached hydrogen (secondary N) is 2. The molecule has 0 radical (unpaired) electrons. The molecule has 0 aromatic heterocycles. The summed E-state index contributed by atoms with van der Waals surface area (Å²) < 4.78 is 0. The minimum Gasteiger partial charge on any atom is -0.292 e. The molecule has 2 N–H and O–H groups in total. The molecule has 0 atom stereocenters. The minimum atomic E-state index is -0.801. The lowest BCUT2D eigenvalue weighted by atomic mass is 10.3. The van der Waals surface area contributed by atoms with Crippen LogP contribution in [0.3, 0.4) is 0 Å². The summed E-state index contributed by atoms with van der Waals surface area (Å²) in [6.45, 7) is 9.50. The third-order valence-corrected chi connectivity index (χ3v) is 1.60. The monoisotopic (exact) mass is 238 g/mol. The van der Waals surface area contributed by atoms with E-state index in [1.54, 1.807) is 0 Å². The van der Waals surface area contributed by atoms with E-state index in [2.05, 4.69) is 13.2 Å². The van der Waals surface area contributed by atoms with Crippen molar-refractivity contribution in [2.45, 2.75) is 20.3 Å². The van der Waals surface area contributed by atoms with Crippen molar-refractivity contribution in [3.05, 3.63) is 24.3 Å². The summed E-state index contributed by atoms with van der Waals surface area (Å²) in [4.78, 5) is 44.3. The fourth-order valence-electron chi connectivity index (χ4n) is 0.701. The molecule has 0 aliphatic rings. The zero-order chi connectivity index (χ0) is 13.6. The highest BCUT2D eigenvalue weighted by molar-refractivity contribution is 6.12. The van der Waals surface area contributed by atoms with E-state index in [0.29, 0.717) is 0 Å². The maximum atomic E-state index is 11.2. The zero-order valence-corrected chi connectivity index (χ0v) is 9.75. The molecule has 0 bridgehead atoms. The van der Waals surface area contributed by atoms with Gasteiger partial charge in [0.05, 0.1) is 0 Å². The summed E-state index contributed by atoms with van der Waals surface area (Å²) in [6.07, 6.45) is -0.613. The first kappa shape index (κ1) is 14.8. The third-order valence-electron chi connectivity index (χ3n) is 1.60. The van der Waals surface area contributed by atoms with Crippen LogP contribution in [0.5, 0.6) is 0 Å². The van der Waals surface area contributed by atoms with Crippen molar-refractivity contribution in [1.82, 2.24) is 10.6 Å². The van der Waals surface area contributed by atoms with Crippen LogP contribution in [0, 0.1) is 0 Å². The van der Waals surface area contributed by atoms with Gasteiger partial charge < -0.3 is 0 Å². The summed E-state index contributed by atoms with van der Waals surface area (Å²) in [6, 6.07) is 0. The molecular weight excluding hydrogens is 224 g/mol. The van der Waals surface area contributed by atoms with Gasteiger partial charge in [-0.25, -0.2) is 0 Å². The van der Waals surface area contributed by atoms with Crippen LogP contribution in [0.1, 0.15) is 20.3 Å². The first-order valence-corrected chi connectivity index (χ1v) is 4.73. The Balaban J connectivity index is 4.18. The minimum absolute atomic E-state index is 0.150.